The zero-order valence-corrected chi connectivity index (χ0v) is 9.88. The Morgan fingerprint density at radius 2 is 2.00 bits per heavy atom. The Labute approximate surface area is 104 Å². The van der Waals surface area contributed by atoms with Gasteiger partial charge >= 0.3 is 6.08 Å². The van der Waals surface area contributed by atoms with Crippen LogP contribution in [-0.2, 0) is 0 Å². The second-order valence-corrected chi connectivity index (χ2v) is 4.09. The molecule has 3 aromatic rings. The molecule has 3 rings (SSSR count). The third kappa shape index (κ3) is 1.88. The highest BCUT2D eigenvalue weighted by molar-refractivity contribution is 5.72. The van der Waals surface area contributed by atoms with Crippen LogP contribution >= 0.6 is 0 Å². The van der Waals surface area contributed by atoms with Gasteiger partial charge in [0, 0.05) is 0 Å². The molecule has 0 saturated heterocycles. The number of aromatic nitrogens is 1. The zero-order chi connectivity index (χ0) is 12.5. The van der Waals surface area contributed by atoms with Gasteiger partial charge in [-0.05, 0) is 36.8 Å². The number of hydrogen-bond acceptors (Lipinski definition) is 4. The van der Waals surface area contributed by atoms with Crippen molar-refractivity contribution < 1.29 is 9.15 Å². The van der Waals surface area contributed by atoms with Crippen molar-refractivity contribution in [2.45, 2.75) is 6.92 Å². The Morgan fingerprint density at radius 1 is 1.17 bits per heavy atom. The van der Waals surface area contributed by atoms with Crippen molar-refractivity contribution in [1.29, 1.82) is 0 Å². The third-order valence-corrected chi connectivity index (χ3v) is 2.64. The minimum atomic E-state index is 0.202. The molecule has 4 heteroatoms. The maximum absolute atomic E-state index is 5.84. The van der Waals surface area contributed by atoms with Gasteiger partial charge in [-0.15, -0.1) is 0 Å². The van der Waals surface area contributed by atoms with Crippen LogP contribution in [0.15, 0.2) is 46.9 Å². The van der Waals surface area contributed by atoms with Crippen LogP contribution in [0.4, 0.5) is 5.69 Å². The lowest BCUT2D eigenvalue weighted by molar-refractivity contribution is 0.344. The van der Waals surface area contributed by atoms with Crippen LogP contribution in [0.5, 0.6) is 11.8 Å². The Balaban J connectivity index is 1.98. The molecule has 0 spiro atoms. The standard InChI is InChI=1S/C14H12N2O2/c1-9-6-7-10(15)13(8-9)18-14-16-11-4-2-3-5-12(11)17-14/h2-8H,15H2,1H3. The minimum Gasteiger partial charge on any atom is -0.409 e. The largest absolute Gasteiger partial charge is 0.409 e. The molecule has 0 saturated carbocycles. The minimum absolute atomic E-state index is 0.202. The van der Waals surface area contributed by atoms with E-state index >= 15 is 0 Å². The van der Waals surface area contributed by atoms with E-state index in [0.29, 0.717) is 17.0 Å². The number of fused-ring (bicyclic) bond motifs is 1. The van der Waals surface area contributed by atoms with Crippen LogP contribution in [-0.4, -0.2) is 4.98 Å². The first kappa shape index (κ1) is 10.7. The number of nitrogens with two attached hydrogens (primary N) is 1. The van der Waals surface area contributed by atoms with Gasteiger partial charge in [0.25, 0.3) is 0 Å². The first-order chi connectivity index (χ1) is 8.72. The van der Waals surface area contributed by atoms with Crippen molar-refractivity contribution in [2.24, 2.45) is 0 Å². The molecule has 1 heterocycles. The Morgan fingerprint density at radius 3 is 2.83 bits per heavy atom. The summed E-state index contributed by atoms with van der Waals surface area (Å²) in [6.45, 7) is 1.97. The molecule has 0 unspecified atom stereocenters. The van der Waals surface area contributed by atoms with E-state index in [4.69, 9.17) is 14.9 Å². The van der Waals surface area contributed by atoms with Crippen LogP contribution < -0.4 is 10.5 Å². The van der Waals surface area contributed by atoms with Crippen molar-refractivity contribution in [1.82, 2.24) is 4.98 Å². The van der Waals surface area contributed by atoms with Crippen LogP contribution in [0.2, 0.25) is 0 Å². The van der Waals surface area contributed by atoms with E-state index in [9.17, 15) is 0 Å². The van der Waals surface area contributed by atoms with Gasteiger partial charge in [0.1, 0.15) is 5.52 Å². The lowest BCUT2D eigenvalue weighted by Crippen LogP contribution is -1.92. The molecular weight excluding hydrogens is 228 g/mol. The van der Waals surface area contributed by atoms with E-state index in [2.05, 4.69) is 4.98 Å². The first-order valence-electron chi connectivity index (χ1n) is 5.62. The molecule has 0 aliphatic rings. The first-order valence-corrected chi connectivity index (χ1v) is 5.62. The fourth-order valence-electron chi connectivity index (χ4n) is 1.72. The normalized spacial score (nSPS) is 10.7. The second-order valence-electron chi connectivity index (χ2n) is 4.09. The summed E-state index contributed by atoms with van der Waals surface area (Å²) in [6.07, 6.45) is 0.202. The highest BCUT2D eigenvalue weighted by Crippen LogP contribution is 2.29. The Hall–Kier alpha value is -2.49. The smallest absolute Gasteiger partial charge is 0.400 e. The molecule has 2 aromatic carbocycles. The van der Waals surface area contributed by atoms with Crippen LogP contribution in [0.25, 0.3) is 11.1 Å². The van der Waals surface area contributed by atoms with Gasteiger partial charge in [-0.25, -0.2) is 0 Å². The Bertz CT molecular complexity index is 671. The summed E-state index contributed by atoms with van der Waals surface area (Å²) in [4.78, 5) is 4.23. The van der Waals surface area contributed by atoms with Gasteiger partial charge in [-0.2, -0.15) is 4.98 Å². The van der Waals surface area contributed by atoms with Gasteiger partial charge in [-0.3, -0.25) is 0 Å². The molecule has 1 aromatic heterocycles. The topological polar surface area (TPSA) is 61.3 Å². The summed E-state index contributed by atoms with van der Waals surface area (Å²) in [5.41, 5.74) is 8.92. The van der Waals surface area contributed by atoms with E-state index in [1.807, 2.05) is 43.3 Å². The average Bonchev–Trinajstić information content (AvgIpc) is 2.76. The van der Waals surface area contributed by atoms with E-state index in [1.165, 1.54) is 0 Å². The number of benzene rings is 2. The number of nitrogens with zero attached hydrogens (tertiary/aromatic N) is 1. The van der Waals surface area contributed by atoms with Crippen molar-refractivity contribution >= 4 is 16.8 Å². The summed E-state index contributed by atoms with van der Waals surface area (Å²) in [6, 6.07) is 13.1. The molecule has 90 valence electrons. The lowest BCUT2D eigenvalue weighted by Gasteiger charge is -2.04. The van der Waals surface area contributed by atoms with Gasteiger partial charge in [-0.1, -0.05) is 18.2 Å². The molecule has 0 amide bonds. The summed E-state index contributed by atoms with van der Waals surface area (Å²) in [5.74, 6) is 0.557. The highest BCUT2D eigenvalue weighted by Gasteiger charge is 2.09. The van der Waals surface area contributed by atoms with Gasteiger partial charge in [0.2, 0.25) is 0 Å². The van der Waals surface area contributed by atoms with Crippen molar-refractivity contribution in [2.75, 3.05) is 5.73 Å². The Kier molecular flexibility index (Phi) is 2.41. The second kappa shape index (κ2) is 4.07. The predicted octanol–water partition coefficient (Wildman–Crippen LogP) is 3.51. The zero-order valence-electron chi connectivity index (χ0n) is 9.88. The predicted molar refractivity (Wildman–Crippen MR) is 69.7 cm³/mol. The quantitative estimate of drug-likeness (QED) is 0.696. The maximum Gasteiger partial charge on any atom is 0.400 e. The van der Waals surface area contributed by atoms with E-state index < -0.39 is 0 Å². The number of para-hydroxylation sites is 2. The molecule has 4 nitrogen and oxygen atoms in total. The summed E-state index contributed by atoms with van der Waals surface area (Å²) in [5, 5.41) is 0. The lowest BCUT2D eigenvalue weighted by atomic mass is 10.2. The SMILES string of the molecule is Cc1ccc(N)c(Oc2nc3ccccc3o2)c1. The van der Waals surface area contributed by atoms with E-state index in [-0.39, 0.29) is 6.08 Å². The average molecular weight is 240 g/mol. The number of nitrogen functional groups attached to an aromatic ring is 1. The fraction of sp³-hybridized carbons (Fsp3) is 0.0714. The number of aryl methyl sites for hydroxylation is 1. The number of rotatable bonds is 2. The summed E-state index contributed by atoms with van der Waals surface area (Å²) < 4.78 is 11.1. The van der Waals surface area contributed by atoms with Crippen molar-refractivity contribution in [3.8, 4) is 11.8 Å². The maximum atomic E-state index is 5.84. The summed E-state index contributed by atoms with van der Waals surface area (Å²) in [7, 11) is 0. The molecule has 0 aliphatic carbocycles. The molecule has 0 radical (unpaired) electrons. The number of ether oxygens (including phenoxy) is 1. The molecule has 0 aliphatic heterocycles. The molecule has 2 N–H and O–H groups in total. The van der Waals surface area contributed by atoms with Gasteiger partial charge in [0.15, 0.2) is 11.3 Å². The molecule has 18 heavy (non-hydrogen) atoms. The molecular formula is C14H12N2O2. The monoisotopic (exact) mass is 240 g/mol. The fourth-order valence-corrected chi connectivity index (χ4v) is 1.72. The van der Waals surface area contributed by atoms with Crippen LogP contribution in [0.3, 0.4) is 0 Å². The number of oxazole rings is 1. The third-order valence-electron chi connectivity index (χ3n) is 2.64. The van der Waals surface area contributed by atoms with Crippen molar-refractivity contribution in [3.63, 3.8) is 0 Å². The summed E-state index contributed by atoms with van der Waals surface area (Å²) >= 11 is 0. The van der Waals surface area contributed by atoms with E-state index in [0.717, 1.165) is 11.1 Å². The molecule has 0 fully saturated rings. The van der Waals surface area contributed by atoms with Crippen molar-refractivity contribution in [3.05, 3.63) is 48.0 Å². The van der Waals surface area contributed by atoms with Gasteiger partial charge < -0.3 is 14.9 Å². The molecule has 0 atom stereocenters. The number of anilines is 1. The molecule has 0 bridgehead atoms. The number of hydrogen-bond donors (Lipinski definition) is 1. The van der Waals surface area contributed by atoms with Crippen LogP contribution in [0, 0.1) is 6.92 Å². The van der Waals surface area contributed by atoms with Gasteiger partial charge in [0.05, 0.1) is 5.69 Å². The van der Waals surface area contributed by atoms with E-state index in [1.54, 1.807) is 6.07 Å². The highest BCUT2D eigenvalue weighted by atomic mass is 16.6. The van der Waals surface area contributed by atoms with Crippen LogP contribution in [0.1, 0.15) is 5.56 Å².